The number of nitrogens with two attached hydrogens (primary N) is 1. The van der Waals surface area contributed by atoms with Crippen LogP contribution in [-0.2, 0) is 7.05 Å². The van der Waals surface area contributed by atoms with Gasteiger partial charge in [-0.05, 0) is 24.3 Å². The lowest BCUT2D eigenvalue weighted by Crippen LogP contribution is -2.06. The lowest BCUT2D eigenvalue weighted by Gasteiger charge is -2.01. The van der Waals surface area contributed by atoms with Crippen molar-refractivity contribution >= 4 is 45.2 Å². The first kappa shape index (κ1) is 11.8. The van der Waals surface area contributed by atoms with Gasteiger partial charge in [0.2, 0.25) is 0 Å². The van der Waals surface area contributed by atoms with Gasteiger partial charge in [0.15, 0.2) is 5.69 Å². The van der Waals surface area contributed by atoms with Crippen LogP contribution in [0.3, 0.4) is 0 Å². The molecule has 0 unspecified atom stereocenters. The van der Waals surface area contributed by atoms with Gasteiger partial charge in [-0.15, -0.1) is 0 Å². The van der Waals surface area contributed by atoms with E-state index in [2.05, 4.69) is 4.98 Å². The third-order valence-corrected chi connectivity index (χ3v) is 3.40. The topological polar surface area (TPSA) is 81.1 Å². The molecule has 0 amide bonds. The first-order chi connectivity index (χ1) is 8.99. The van der Waals surface area contributed by atoms with Crippen LogP contribution in [0.2, 0.25) is 5.02 Å². The van der Waals surface area contributed by atoms with Crippen LogP contribution in [0, 0.1) is 0 Å². The van der Waals surface area contributed by atoms with Crippen LogP contribution in [0.5, 0.6) is 0 Å². The SMILES string of the molecule is Cn1c2ccc(Cl)cc2c2cc(N)c(C(=O)O)nc21. The predicted molar refractivity (Wildman–Crippen MR) is 74.6 cm³/mol. The van der Waals surface area contributed by atoms with Crippen molar-refractivity contribution in [1.29, 1.82) is 0 Å². The molecular weight excluding hydrogens is 266 g/mol. The van der Waals surface area contributed by atoms with Gasteiger partial charge in [0.1, 0.15) is 5.65 Å². The van der Waals surface area contributed by atoms with Crippen LogP contribution in [0.25, 0.3) is 21.9 Å². The van der Waals surface area contributed by atoms with E-state index in [9.17, 15) is 4.79 Å². The number of rotatable bonds is 1. The monoisotopic (exact) mass is 275 g/mol. The molecule has 0 bridgehead atoms. The zero-order valence-corrected chi connectivity index (χ0v) is 10.8. The predicted octanol–water partition coefficient (Wildman–Crippen LogP) is 2.66. The van der Waals surface area contributed by atoms with Gasteiger partial charge in [-0.2, -0.15) is 0 Å². The summed E-state index contributed by atoms with van der Waals surface area (Å²) in [7, 11) is 1.83. The number of anilines is 1. The molecule has 5 nitrogen and oxygen atoms in total. The van der Waals surface area contributed by atoms with E-state index in [-0.39, 0.29) is 11.4 Å². The second-order valence-corrected chi connectivity index (χ2v) is 4.76. The highest BCUT2D eigenvalue weighted by Crippen LogP contribution is 2.31. The first-order valence-corrected chi connectivity index (χ1v) is 5.94. The molecule has 96 valence electrons. The molecule has 3 aromatic rings. The van der Waals surface area contributed by atoms with E-state index in [4.69, 9.17) is 22.4 Å². The number of benzene rings is 1. The molecule has 0 spiro atoms. The molecule has 3 N–H and O–H groups in total. The van der Waals surface area contributed by atoms with Crippen molar-refractivity contribution in [3.63, 3.8) is 0 Å². The Hall–Kier alpha value is -2.27. The van der Waals surface area contributed by atoms with E-state index in [1.807, 2.05) is 23.7 Å². The Balaban J connectivity index is 2.52. The van der Waals surface area contributed by atoms with Crippen molar-refractivity contribution in [2.24, 2.45) is 7.05 Å². The van der Waals surface area contributed by atoms with Gasteiger partial charge in [0.05, 0.1) is 11.2 Å². The molecule has 0 aliphatic heterocycles. The van der Waals surface area contributed by atoms with E-state index in [0.717, 1.165) is 16.3 Å². The maximum absolute atomic E-state index is 11.1. The molecule has 1 aromatic carbocycles. The van der Waals surface area contributed by atoms with Crippen molar-refractivity contribution in [1.82, 2.24) is 9.55 Å². The summed E-state index contributed by atoms with van der Waals surface area (Å²) in [5.74, 6) is -1.14. The van der Waals surface area contributed by atoms with E-state index in [0.29, 0.717) is 10.7 Å². The number of aromatic nitrogens is 2. The molecule has 0 aliphatic rings. The Kier molecular flexibility index (Phi) is 2.40. The zero-order chi connectivity index (χ0) is 13.7. The molecule has 0 aliphatic carbocycles. The third kappa shape index (κ3) is 1.62. The largest absolute Gasteiger partial charge is 0.476 e. The van der Waals surface area contributed by atoms with Crippen molar-refractivity contribution in [3.05, 3.63) is 35.0 Å². The Morgan fingerprint density at radius 3 is 2.79 bits per heavy atom. The Bertz CT molecular complexity index is 839. The maximum Gasteiger partial charge on any atom is 0.356 e. The van der Waals surface area contributed by atoms with Crippen LogP contribution in [0.4, 0.5) is 5.69 Å². The van der Waals surface area contributed by atoms with Gasteiger partial charge in [-0.25, -0.2) is 9.78 Å². The van der Waals surface area contributed by atoms with E-state index in [1.165, 1.54) is 0 Å². The minimum absolute atomic E-state index is 0.135. The van der Waals surface area contributed by atoms with Crippen molar-refractivity contribution in [2.45, 2.75) is 0 Å². The number of pyridine rings is 1. The number of carboxylic acids is 1. The summed E-state index contributed by atoms with van der Waals surface area (Å²) in [4.78, 5) is 15.2. The van der Waals surface area contributed by atoms with Crippen LogP contribution in [0.1, 0.15) is 10.5 Å². The van der Waals surface area contributed by atoms with Crippen molar-refractivity contribution < 1.29 is 9.90 Å². The Morgan fingerprint density at radius 1 is 1.37 bits per heavy atom. The quantitative estimate of drug-likeness (QED) is 0.715. The molecule has 3 rings (SSSR count). The fourth-order valence-electron chi connectivity index (χ4n) is 2.27. The fraction of sp³-hybridized carbons (Fsp3) is 0.0769. The average molecular weight is 276 g/mol. The molecule has 0 radical (unpaired) electrons. The lowest BCUT2D eigenvalue weighted by atomic mass is 10.1. The lowest BCUT2D eigenvalue weighted by molar-refractivity contribution is 0.0692. The number of carboxylic acid groups (broad SMARTS) is 1. The standard InChI is InChI=1S/C13H10ClN3O2/c1-17-10-3-2-6(14)4-7(10)8-5-9(15)11(13(18)19)16-12(8)17/h2-5H,15H2,1H3,(H,18,19). The highest BCUT2D eigenvalue weighted by atomic mass is 35.5. The van der Waals surface area contributed by atoms with E-state index < -0.39 is 5.97 Å². The van der Waals surface area contributed by atoms with Crippen LogP contribution in [-0.4, -0.2) is 20.6 Å². The average Bonchev–Trinajstić information content (AvgIpc) is 2.61. The minimum Gasteiger partial charge on any atom is -0.476 e. The third-order valence-electron chi connectivity index (χ3n) is 3.16. The number of halogens is 1. The summed E-state index contributed by atoms with van der Waals surface area (Å²) in [5.41, 5.74) is 7.25. The summed E-state index contributed by atoms with van der Waals surface area (Å²) in [6.07, 6.45) is 0. The van der Waals surface area contributed by atoms with Gasteiger partial charge in [0, 0.05) is 22.8 Å². The second-order valence-electron chi connectivity index (χ2n) is 4.32. The normalized spacial score (nSPS) is 11.3. The number of fused-ring (bicyclic) bond motifs is 3. The number of aryl methyl sites for hydroxylation is 1. The van der Waals surface area contributed by atoms with Gasteiger partial charge in [-0.3, -0.25) is 0 Å². The van der Waals surface area contributed by atoms with Gasteiger partial charge in [-0.1, -0.05) is 11.6 Å². The number of hydrogen-bond donors (Lipinski definition) is 2. The van der Waals surface area contributed by atoms with Crippen molar-refractivity contribution in [2.75, 3.05) is 5.73 Å². The van der Waals surface area contributed by atoms with E-state index in [1.54, 1.807) is 12.1 Å². The van der Waals surface area contributed by atoms with Crippen LogP contribution >= 0.6 is 11.6 Å². The van der Waals surface area contributed by atoms with Gasteiger partial charge in [0.25, 0.3) is 0 Å². The molecule has 2 aromatic heterocycles. The Morgan fingerprint density at radius 2 is 2.11 bits per heavy atom. The molecule has 6 heteroatoms. The highest BCUT2D eigenvalue weighted by molar-refractivity contribution is 6.31. The number of nitrogens with zero attached hydrogens (tertiary/aromatic N) is 2. The summed E-state index contributed by atoms with van der Waals surface area (Å²) in [5, 5.41) is 11.4. The minimum atomic E-state index is -1.14. The molecule has 19 heavy (non-hydrogen) atoms. The van der Waals surface area contributed by atoms with E-state index >= 15 is 0 Å². The molecule has 0 atom stereocenters. The highest BCUT2D eigenvalue weighted by Gasteiger charge is 2.16. The van der Waals surface area contributed by atoms with Gasteiger partial charge >= 0.3 is 5.97 Å². The Labute approximate surface area is 113 Å². The number of aromatic carboxylic acids is 1. The molecule has 0 fully saturated rings. The zero-order valence-electron chi connectivity index (χ0n) is 10.0. The summed E-state index contributed by atoms with van der Waals surface area (Å²) in [6.45, 7) is 0. The molecule has 0 saturated heterocycles. The number of nitrogen functional groups attached to an aromatic ring is 1. The van der Waals surface area contributed by atoms with Crippen molar-refractivity contribution in [3.8, 4) is 0 Å². The van der Waals surface area contributed by atoms with Gasteiger partial charge < -0.3 is 15.4 Å². The molecule has 0 saturated carbocycles. The molecular formula is C13H10ClN3O2. The second kappa shape index (κ2) is 3.86. The fourth-order valence-corrected chi connectivity index (χ4v) is 2.45. The summed E-state index contributed by atoms with van der Waals surface area (Å²) < 4.78 is 1.83. The first-order valence-electron chi connectivity index (χ1n) is 5.56. The summed E-state index contributed by atoms with van der Waals surface area (Å²) in [6, 6.07) is 7.10. The van der Waals surface area contributed by atoms with Crippen LogP contribution < -0.4 is 5.73 Å². The number of carbonyl (C=O) groups is 1. The maximum atomic E-state index is 11.1. The molecule has 2 heterocycles. The summed E-state index contributed by atoms with van der Waals surface area (Å²) >= 11 is 5.99. The number of hydrogen-bond acceptors (Lipinski definition) is 3. The smallest absolute Gasteiger partial charge is 0.356 e. The van der Waals surface area contributed by atoms with Crippen LogP contribution in [0.15, 0.2) is 24.3 Å².